The van der Waals surface area contributed by atoms with Gasteiger partial charge in [-0.05, 0) is 91.8 Å². The zero-order valence-electron chi connectivity index (χ0n) is 26.0. The van der Waals surface area contributed by atoms with E-state index in [-0.39, 0.29) is 29.3 Å². The first-order chi connectivity index (χ1) is 22.5. The number of amides is 2. The van der Waals surface area contributed by atoms with Gasteiger partial charge in [-0.3, -0.25) is 14.5 Å². The average Bonchev–Trinajstić information content (AvgIpc) is 3.05. The van der Waals surface area contributed by atoms with Crippen molar-refractivity contribution in [1.82, 2.24) is 0 Å². The summed E-state index contributed by atoms with van der Waals surface area (Å²) in [5.41, 5.74) is 2.21. The Balaban J connectivity index is 1.43. The summed E-state index contributed by atoms with van der Waals surface area (Å²) >= 11 is 0. The first kappa shape index (κ1) is 32.2. The Hall–Kier alpha value is -4.70. The Morgan fingerprint density at radius 1 is 0.851 bits per heavy atom. The predicted octanol–water partition coefficient (Wildman–Crippen LogP) is 8.25. The van der Waals surface area contributed by atoms with E-state index in [2.05, 4.69) is 10.6 Å². The molecule has 0 saturated carbocycles. The number of anilines is 3. The number of rotatable bonds is 6. The van der Waals surface area contributed by atoms with Gasteiger partial charge >= 0.3 is 6.18 Å². The zero-order chi connectivity index (χ0) is 33.3. The fourth-order valence-electron chi connectivity index (χ4n) is 6.57. The molecule has 0 radical (unpaired) electrons. The van der Waals surface area contributed by atoms with E-state index in [0.717, 1.165) is 24.6 Å². The van der Waals surface area contributed by atoms with Crippen molar-refractivity contribution >= 4 is 28.9 Å². The van der Waals surface area contributed by atoms with Crippen LogP contribution in [0.1, 0.15) is 57.1 Å². The van der Waals surface area contributed by atoms with Gasteiger partial charge in [0.2, 0.25) is 5.91 Å². The number of nitrogens with one attached hydrogen (secondary N) is 2. The highest BCUT2D eigenvalue weighted by atomic mass is 19.4. The molecule has 47 heavy (non-hydrogen) atoms. The van der Waals surface area contributed by atoms with E-state index in [1.807, 2.05) is 24.3 Å². The minimum Gasteiger partial charge on any atom is -0.382 e. The van der Waals surface area contributed by atoms with Crippen molar-refractivity contribution < 1.29 is 31.9 Å². The van der Waals surface area contributed by atoms with E-state index in [1.54, 1.807) is 37.3 Å². The van der Waals surface area contributed by atoms with Crippen LogP contribution in [0.3, 0.4) is 0 Å². The lowest BCUT2D eigenvalue weighted by Gasteiger charge is -2.42. The van der Waals surface area contributed by atoms with E-state index in [9.17, 15) is 22.8 Å². The van der Waals surface area contributed by atoms with Crippen LogP contribution in [-0.4, -0.2) is 31.1 Å². The molecular formula is C37H35F4N3O3. The average molecular weight is 646 g/mol. The number of alkyl halides is 3. The summed E-state index contributed by atoms with van der Waals surface area (Å²) < 4.78 is 61.9. The van der Waals surface area contributed by atoms with Crippen molar-refractivity contribution in [2.24, 2.45) is 5.92 Å². The van der Waals surface area contributed by atoms with Gasteiger partial charge in [-0.2, -0.15) is 13.2 Å². The molecule has 4 aromatic rings. The van der Waals surface area contributed by atoms with Crippen molar-refractivity contribution in [2.75, 3.05) is 28.7 Å². The number of benzene rings is 4. The maximum absolute atomic E-state index is 15.3. The van der Waals surface area contributed by atoms with Gasteiger partial charge in [0.15, 0.2) is 0 Å². The molecule has 0 aromatic heterocycles. The molecule has 4 aromatic carbocycles. The number of nitrogens with zero attached hydrogens (tertiary/aromatic N) is 1. The first-order valence-corrected chi connectivity index (χ1v) is 15.6. The molecule has 2 aliphatic rings. The van der Waals surface area contributed by atoms with Gasteiger partial charge in [0, 0.05) is 36.3 Å². The van der Waals surface area contributed by atoms with Crippen LogP contribution >= 0.6 is 0 Å². The minimum absolute atomic E-state index is 0.00984. The minimum atomic E-state index is -4.60. The number of carbonyl (C=O) groups is 2. The Morgan fingerprint density at radius 2 is 1.55 bits per heavy atom. The van der Waals surface area contributed by atoms with Gasteiger partial charge in [-0.15, -0.1) is 0 Å². The fraction of sp³-hybridized carbons (Fsp3) is 0.297. The number of hydrogen-bond donors (Lipinski definition) is 2. The smallest absolute Gasteiger partial charge is 0.382 e. The second-order valence-electron chi connectivity index (χ2n) is 12.2. The number of aryl methyl sites for hydroxylation is 2. The van der Waals surface area contributed by atoms with Crippen LogP contribution in [0.2, 0.25) is 0 Å². The van der Waals surface area contributed by atoms with Crippen molar-refractivity contribution in [1.29, 1.82) is 0 Å². The number of para-hydroxylation sites is 1. The molecule has 0 aliphatic carbocycles. The Labute approximate surface area is 270 Å². The van der Waals surface area contributed by atoms with Crippen LogP contribution < -0.4 is 15.5 Å². The van der Waals surface area contributed by atoms with Crippen LogP contribution in [-0.2, 0) is 22.1 Å². The third-order valence-corrected chi connectivity index (χ3v) is 9.00. The summed E-state index contributed by atoms with van der Waals surface area (Å²) in [6.45, 7) is 4.35. The number of carbonyl (C=O) groups excluding carboxylic acids is 2. The molecule has 2 amide bonds. The van der Waals surface area contributed by atoms with E-state index < -0.39 is 41.3 Å². The van der Waals surface area contributed by atoms with E-state index in [0.29, 0.717) is 35.6 Å². The Kier molecular flexibility index (Phi) is 9.05. The largest absolute Gasteiger partial charge is 0.416 e. The summed E-state index contributed by atoms with van der Waals surface area (Å²) in [6, 6.07) is 22.0. The molecule has 6 nitrogen and oxygen atoms in total. The third kappa shape index (κ3) is 6.74. The lowest BCUT2D eigenvalue weighted by atomic mass is 9.80. The van der Waals surface area contributed by atoms with Crippen molar-refractivity contribution in [3.63, 3.8) is 0 Å². The lowest BCUT2D eigenvalue weighted by molar-refractivity contribution is -0.138. The maximum Gasteiger partial charge on any atom is 0.416 e. The summed E-state index contributed by atoms with van der Waals surface area (Å²) in [6.07, 6.45) is -2.67. The van der Waals surface area contributed by atoms with Crippen LogP contribution in [0.15, 0.2) is 84.9 Å². The van der Waals surface area contributed by atoms with Gasteiger partial charge in [0.1, 0.15) is 5.82 Å². The van der Waals surface area contributed by atoms with Crippen molar-refractivity contribution in [2.45, 2.75) is 51.4 Å². The van der Waals surface area contributed by atoms with E-state index in [1.165, 1.54) is 36.1 Å². The van der Waals surface area contributed by atoms with Gasteiger partial charge in [0.25, 0.3) is 5.91 Å². The van der Waals surface area contributed by atoms with E-state index >= 15 is 4.39 Å². The Bertz CT molecular complexity index is 1760. The third-order valence-electron chi connectivity index (χ3n) is 9.00. The fourth-order valence-corrected chi connectivity index (χ4v) is 6.57. The highest BCUT2D eigenvalue weighted by molar-refractivity contribution is 6.09. The molecule has 1 saturated heterocycles. The molecule has 2 heterocycles. The lowest BCUT2D eigenvalue weighted by Crippen LogP contribution is -2.47. The summed E-state index contributed by atoms with van der Waals surface area (Å²) in [4.78, 5) is 30.1. The van der Waals surface area contributed by atoms with Gasteiger partial charge in [-0.1, -0.05) is 48.5 Å². The van der Waals surface area contributed by atoms with Crippen LogP contribution in [0.25, 0.3) is 0 Å². The molecule has 2 aliphatic heterocycles. The molecule has 10 heteroatoms. The molecule has 6 rings (SSSR count). The summed E-state index contributed by atoms with van der Waals surface area (Å²) in [5.74, 6) is -2.79. The second-order valence-corrected chi connectivity index (χ2v) is 12.2. The topological polar surface area (TPSA) is 70.7 Å². The molecule has 0 spiro atoms. The molecular weight excluding hydrogens is 610 g/mol. The summed E-state index contributed by atoms with van der Waals surface area (Å²) in [5, 5.41) is 6.20. The number of hydrogen-bond acceptors (Lipinski definition) is 4. The number of ether oxygens (including phenoxy) is 1. The molecule has 1 unspecified atom stereocenters. The van der Waals surface area contributed by atoms with E-state index in [4.69, 9.17) is 4.74 Å². The Morgan fingerprint density at radius 3 is 2.26 bits per heavy atom. The highest BCUT2D eigenvalue weighted by Gasteiger charge is 2.43. The molecule has 2 atom stereocenters. The molecule has 1 fully saturated rings. The first-order valence-electron chi connectivity index (χ1n) is 15.6. The van der Waals surface area contributed by atoms with Crippen LogP contribution in [0.5, 0.6) is 0 Å². The highest BCUT2D eigenvalue weighted by Crippen LogP contribution is 2.44. The zero-order valence-corrected chi connectivity index (χ0v) is 26.0. The number of halogens is 4. The van der Waals surface area contributed by atoms with Crippen molar-refractivity contribution in [3.8, 4) is 0 Å². The SMILES string of the molecule is Cc1ccc(NC(=O)[C@@H]2Cc3ccccc3N(C(=O)c3c(C)cccc3F)C2c2ccc(NC3CCOCC3)cc2)cc1C(F)(F)F. The van der Waals surface area contributed by atoms with Gasteiger partial charge in [-0.25, -0.2) is 4.39 Å². The maximum atomic E-state index is 15.3. The van der Waals surface area contributed by atoms with Crippen LogP contribution in [0.4, 0.5) is 34.6 Å². The summed E-state index contributed by atoms with van der Waals surface area (Å²) in [7, 11) is 0. The van der Waals surface area contributed by atoms with Gasteiger partial charge in [0.05, 0.1) is 23.1 Å². The predicted molar refractivity (Wildman–Crippen MR) is 173 cm³/mol. The normalized spacial score (nSPS) is 18.4. The molecule has 2 N–H and O–H groups in total. The second kappa shape index (κ2) is 13.2. The van der Waals surface area contributed by atoms with Gasteiger partial charge < -0.3 is 15.4 Å². The standard InChI is InChI=1S/C37H35F4N3O3/c1-22-10-13-28(21-30(22)37(39,40)41)43-35(45)29-20-25-7-3-4-9-32(25)44(36(46)33-23(2)6-5-8-31(33)38)34(29)24-11-14-26(15-12-24)42-27-16-18-47-19-17-27/h3-15,21,27,29,34,42H,16-20H2,1-2H3,(H,43,45)/t29-,34?/m1/s1. The molecule has 0 bridgehead atoms. The number of fused-ring (bicyclic) bond motifs is 1. The monoisotopic (exact) mass is 645 g/mol. The molecule has 244 valence electrons. The van der Waals surface area contributed by atoms with Crippen LogP contribution in [0, 0.1) is 25.6 Å². The van der Waals surface area contributed by atoms with Crippen molar-refractivity contribution in [3.05, 3.63) is 124 Å². The quantitative estimate of drug-likeness (QED) is 0.207.